The molecule has 0 saturated carbocycles. The third kappa shape index (κ3) is 2.12. The van der Waals surface area contributed by atoms with Crippen molar-refractivity contribution < 1.29 is 0 Å². The van der Waals surface area contributed by atoms with E-state index in [1.165, 1.54) is 11.3 Å². The van der Waals surface area contributed by atoms with Crippen LogP contribution in [-0.2, 0) is 0 Å². The first-order valence-corrected chi connectivity index (χ1v) is 5.48. The quantitative estimate of drug-likeness (QED) is 0.706. The minimum atomic E-state index is 0.543. The van der Waals surface area contributed by atoms with Crippen molar-refractivity contribution in [2.24, 2.45) is 0 Å². The van der Waals surface area contributed by atoms with Gasteiger partial charge in [0.05, 0.1) is 0 Å². The first-order valence-electron chi connectivity index (χ1n) is 5.48. The summed E-state index contributed by atoms with van der Waals surface area (Å²) in [5.41, 5.74) is 2.63. The van der Waals surface area contributed by atoms with Crippen molar-refractivity contribution >= 4 is 5.70 Å². The zero-order valence-electron chi connectivity index (χ0n) is 9.35. The summed E-state index contributed by atoms with van der Waals surface area (Å²) in [5, 5.41) is 0. The summed E-state index contributed by atoms with van der Waals surface area (Å²) >= 11 is 0. The third-order valence-corrected chi connectivity index (χ3v) is 2.69. The molecule has 1 heteroatoms. The first-order chi connectivity index (χ1) is 7.29. The minimum Gasteiger partial charge on any atom is -0.365 e. The van der Waals surface area contributed by atoms with E-state index >= 15 is 0 Å². The van der Waals surface area contributed by atoms with Crippen molar-refractivity contribution in [3.63, 3.8) is 0 Å². The molecule has 0 N–H and O–H groups in total. The Morgan fingerprint density at radius 1 is 1.13 bits per heavy atom. The lowest BCUT2D eigenvalue weighted by Crippen LogP contribution is -2.30. The highest BCUT2D eigenvalue weighted by Gasteiger charge is 2.14. The molecule has 15 heavy (non-hydrogen) atoms. The number of rotatable bonds is 2. The molecule has 0 amide bonds. The molecule has 0 bridgehead atoms. The largest absolute Gasteiger partial charge is 0.365 e. The summed E-state index contributed by atoms with van der Waals surface area (Å²) in [5.74, 6) is 0. The standard InChI is InChI=1S/C14H17N/c1-12(2)15-11-7-6-10-14(15)13-8-4-3-5-9-13/h3-10,12H,11H2,1-2H3. The Bertz CT molecular complexity index is 374. The Morgan fingerprint density at radius 3 is 2.53 bits per heavy atom. The van der Waals surface area contributed by atoms with E-state index in [2.05, 4.69) is 67.3 Å². The van der Waals surface area contributed by atoms with Crippen molar-refractivity contribution in [1.29, 1.82) is 0 Å². The summed E-state index contributed by atoms with van der Waals surface area (Å²) < 4.78 is 0. The average molecular weight is 199 g/mol. The zero-order valence-corrected chi connectivity index (χ0v) is 9.35. The third-order valence-electron chi connectivity index (χ3n) is 2.69. The van der Waals surface area contributed by atoms with E-state index in [9.17, 15) is 0 Å². The average Bonchev–Trinajstić information content (AvgIpc) is 2.30. The fraction of sp³-hybridized carbons (Fsp3) is 0.286. The van der Waals surface area contributed by atoms with Crippen LogP contribution in [0.3, 0.4) is 0 Å². The van der Waals surface area contributed by atoms with Crippen LogP contribution in [-0.4, -0.2) is 17.5 Å². The normalized spacial score (nSPS) is 15.7. The van der Waals surface area contributed by atoms with Crippen molar-refractivity contribution in [3.8, 4) is 0 Å². The van der Waals surface area contributed by atoms with Gasteiger partial charge >= 0.3 is 0 Å². The van der Waals surface area contributed by atoms with Crippen molar-refractivity contribution in [2.75, 3.05) is 6.54 Å². The van der Waals surface area contributed by atoms with Crippen molar-refractivity contribution in [2.45, 2.75) is 19.9 Å². The Kier molecular flexibility index (Phi) is 2.91. The van der Waals surface area contributed by atoms with E-state index in [0.717, 1.165) is 6.54 Å². The van der Waals surface area contributed by atoms with E-state index in [0.29, 0.717) is 6.04 Å². The Balaban J connectivity index is 2.33. The maximum Gasteiger partial charge on any atom is 0.0444 e. The molecular weight excluding hydrogens is 182 g/mol. The van der Waals surface area contributed by atoms with Gasteiger partial charge in [0, 0.05) is 18.3 Å². The topological polar surface area (TPSA) is 3.24 Å². The fourth-order valence-corrected chi connectivity index (χ4v) is 1.89. The van der Waals surface area contributed by atoms with E-state index in [1.807, 2.05) is 0 Å². The zero-order chi connectivity index (χ0) is 10.7. The molecule has 78 valence electrons. The monoisotopic (exact) mass is 199 g/mol. The molecule has 0 unspecified atom stereocenters. The fourth-order valence-electron chi connectivity index (χ4n) is 1.89. The second-order valence-electron chi connectivity index (χ2n) is 4.09. The lowest BCUT2D eigenvalue weighted by atomic mass is 10.1. The van der Waals surface area contributed by atoms with Gasteiger partial charge in [-0.15, -0.1) is 0 Å². The lowest BCUT2D eigenvalue weighted by Gasteiger charge is -2.32. The van der Waals surface area contributed by atoms with Crippen LogP contribution in [0.5, 0.6) is 0 Å². The summed E-state index contributed by atoms with van der Waals surface area (Å²) in [6.07, 6.45) is 6.53. The summed E-state index contributed by atoms with van der Waals surface area (Å²) in [7, 11) is 0. The first kappa shape index (κ1) is 10.0. The molecule has 2 rings (SSSR count). The number of hydrogen-bond donors (Lipinski definition) is 0. The van der Waals surface area contributed by atoms with Gasteiger partial charge in [0.1, 0.15) is 0 Å². The Morgan fingerprint density at radius 2 is 1.87 bits per heavy atom. The lowest BCUT2D eigenvalue weighted by molar-refractivity contribution is 0.360. The van der Waals surface area contributed by atoms with Crippen LogP contribution in [0.15, 0.2) is 48.6 Å². The van der Waals surface area contributed by atoms with Gasteiger partial charge in [-0.1, -0.05) is 42.5 Å². The molecule has 0 saturated heterocycles. The number of hydrogen-bond acceptors (Lipinski definition) is 1. The van der Waals surface area contributed by atoms with Crippen LogP contribution in [0.4, 0.5) is 0 Å². The molecular formula is C14H17N. The molecule has 1 aromatic carbocycles. The second kappa shape index (κ2) is 4.35. The van der Waals surface area contributed by atoms with Gasteiger partial charge in [-0.05, 0) is 25.5 Å². The Labute approximate surface area is 91.7 Å². The molecule has 1 aliphatic heterocycles. The maximum absolute atomic E-state index is 2.41. The number of benzene rings is 1. The van der Waals surface area contributed by atoms with Crippen molar-refractivity contribution in [3.05, 3.63) is 54.1 Å². The predicted octanol–water partition coefficient (Wildman–Crippen LogP) is 3.31. The minimum absolute atomic E-state index is 0.543. The molecule has 1 heterocycles. The number of allylic oxidation sites excluding steroid dienone is 2. The maximum atomic E-state index is 2.41. The molecule has 0 aromatic heterocycles. The highest BCUT2D eigenvalue weighted by Crippen LogP contribution is 2.23. The van der Waals surface area contributed by atoms with Crippen LogP contribution in [0.2, 0.25) is 0 Å². The highest BCUT2D eigenvalue weighted by atomic mass is 15.2. The summed E-state index contributed by atoms with van der Waals surface area (Å²) in [6.45, 7) is 5.48. The van der Waals surface area contributed by atoms with Gasteiger partial charge in [-0.25, -0.2) is 0 Å². The SMILES string of the molecule is CC(C)N1CC=CC=C1c1ccccc1. The van der Waals surface area contributed by atoms with Gasteiger partial charge in [0.25, 0.3) is 0 Å². The van der Waals surface area contributed by atoms with E-state index < -0.39 is 0 Å². The molecule has 1 nitrogen and oxygen atoms in total. The summed E-state index contributed by atoms with van der Waals surface area (Å²) in [4.78, 5) is 2.41. The molecule has 0 atom stereocenters. The Hall–Kier alpha value is -1.50. The van der Waals surface area contributed by atoms with Gasteiger partial charge in [-0.3, -0.25) is 0 Å². The van der Waals surface area contributed by atoms with E-state index in [4.69, 9.17) is 0 Å². The summed E-state index contributed by atoms with van der Waals surface area (Å²) in [6, 6.07) is 11.1. The molecule has 1 aromatic rings. The van der Waals surface area contributed by atoms with Crippen LogP contribution in [0.1, 0.15) is 19.4 Å². The molecule has 0 radical (unpaired) electrons. The van der Waals surface area contributed by atoms with Crippen LogP contribution >= 0.6 is 0 Å². The predicted molar refractivity (Wildman–Crippen MR) is 65.4 cm³/mol. The van der Waals surface area contributed by atoms with Gasteiger partial charge < -0.3 is 4.90 Å². The molecule has 1 aliphatic rings. The second-order valence-corrected chi connectivity index (χ2v) is 4.09. The van der Waals surface area contributed by atoms with Gasteiger partial charge in [0.15, 0.2) is 0 Å². The molecule has 0 fully saturated rings. The van der Waals surface area contributed by atoms with Crippen LogP contribution < -0.4 is 0 Å². The van der Waals surface area contributed by atoms with E-state index in [1.54, 1.807) is 0 Å². The molecule has 0 aliphatic carbocycles. The van der Waals surface area contributed by atoms with Gasteiger partial charge in [0.2, 0.25) is 0 Å². The van der Waals surface area contributed by atoms with Crippen molar-refractivity contribution in [1.82, 2.24) is 4.90 Å². The van der Waals surface area contributed by atoms with E-state index in [-0.39, 0.29) is 0 Å². The van der Waals surface area contributed by atoms with Gasteiger partial charge in [-0.2, -0.15) is 0 Å². The number of nitrogens with zero attached hydrogens (tertiary/aromatic N) is 1. The molecule has 0 spiro atoms. The highest BCUT2D eigenvalue weighted by molar-refractivity contribution is 5.67. The smallest absolute Gasteiger partial charge is 0.0444 e. The van der Waals surface area contributed by atoms with Crippen LogP contribution in [0, 0.1) is 0 Å². The van der Waals surface area contributed by atoms with Crippen LogP contribution in [0.25, 0.3) is 5.70 Å².